The van der Waals surface area contributed by atoms with E-state index in [0.29, 0.717) is 43.9 Å². The molecule has 0 fully saturated rings. The van der Waals surface area contributed by atoms with Crippen LogP contribution < -0.4 is 5.32 Å². The standard InChI is InChI=1S/C27H22Cl2N2O5/c1-15(20-5-3-4-6-22(20)28)35-27(34)30-25-16(2)36-31-26(25)21-12-11-19(14-23(21)29)18-9-7-17(8-10-18)13-24(32)33/h3-12,14-15H,13H2,1-2H3,(H,30,34)(H,32,33). The van der Waals surface area contributed by atoms with Crippen molar-refractivity contribution >= 4 is 41.0 Å². The van der Waals surface area contributed by atoms with Crippen LogP contribution in [0.15, 0.2) is 71.3 Å². The Labute approximate surface area is 217 Å². The van der Waals surface area contributed by atoms with E-state index >= 15 is 0 Å². The summed E-state index contributed by atoms with van der Waals surface area (Å²) in [6.07, 6.45) is -1.31. The molecule has 0 aliphatic carbocycles. The number of carbonyl (C=O) groups is 2. The summed E-state index contributed by atoms with van der Waals surface area (Å²) >= 11 is 12.8. The molecule has 9 heteroatoms. The van der Waals surface area contributed by atoms with Crippen molar-refractivity contribution in [2.75, 3.05) is 5.32 Å². The summed E-state index contributed by atoms with van der Waals surface area (Å²) in [6, 6.07) is 19.8. The Hall–Kier alpha value is -3.81. The van der Waals surface area contributed by atoms with Gasteiger partial charge in [0.2, 0.25) is 0 Å². The molecular weight excluding hydrogens is 503 g/mol. The number of carboxylic acid groups (broad SMARTS) is 1. The van der Waals surface area contributed by atoms with E-state index < -0.39 is 18.2 Å². The van der Waals surface area contributed by atoms with E-state index in [1.54, 1.807) is 56.3 Å². The summed E-state index contributed by atoms with van der Waals surface area (Å²) in [5.74, 6) is -0.494. The quantitative estimate of drug-likeness (QED) is 0.258. The van der Waals surface area contributed by atoms with Crippen molar-refractivity contribution in [3.63, 3.8) is 0 Å². The lowest BCUT2D eigenvalue weighted by atomic mass is 10.0. The Kier molecular flexibility index (Phi) is 7.62. The average molecular weight is 525 g/mol. The topological polar surface area (TPSA) is 102 Å². The number of nitrogens with zero attached hydrogens (tertiary/aromatic N) is 1. The predicted octanol–water partition coefficient (Wildman–Crippen LogP) is 7.56. The van der Waals surface area contributed by atoms with Gasteiger partial charge in [0, 0.05) is 16.1 Å². The number of carboxylic acids is 1. The summed E-state index contributed by atoms with van der Waals surface area (Å²) in [6.45, 7) is 3.40. The number of aryl methyl sites for hydroxylation is 1. The molecule has 0 spiro atoms. The molecule has 36 heavy (non-hydrogen) atoms. The average Bonchev–Trinajstić information content (AvgIpc) is 3.19. The number of benzene rings is 3. The summed E-state index contributed by atoms with van der Waals surface area (Å²) in [4.78, 5) is 23.5. The van der Waals surface area contributed by atoms with Crippen molar-refractivity contribution in [1.29, 1.82) is 0 Å². The van der Waals surface area contributed by atoms with Gasteiger partial charge < -0.3 is 14.4 Å². The predicted molar refractivity (Wildman–Crippen MR) is 138 cm³/mol. The minimum Gasteiger partial charge on any atom is -0.481 e. The zero-order chi connectivity index (χ0) is 25.8. The molecule has 4 rings (SSSR count). The number of halogens is 2. The molecule has 1 amide bonds. The van der Waals surface area contributed by atoms with Gasteiger partial charge in [0.1, 0.15) is 17.5 Å². The number of amides is 1. The zero-order valence-corrected chi connectivity index (χ0v) is 20.9. The zero-order valence-electron chi connectivity index (χ0n) is 19.4. The SMILES string of the molecule is Cc1onc(-c2ccc(-c3ccc(CC(=O)O)cc3)cc2Cl)c1NC(=O)OC(C)c1ccccc1Cl. The third-order valence-electron chi connectivity index (χ3n) is 5.58. The molecule has 0 saturated heterocycles. The first kappa shape index (κ1) is 25.3. The lowest BCUT2D eigenvalue weighted by Crippen LogP contribution is -2.17. The van der Waals surface area contributed by atoms with Gasteiger partial charge in [-0.05, 0) is 42.7 Å². The largest absolute Gasteiger partial charge is 0.481 e. The van der Waals surface area contributed by atoms with Crippen LogP contribution in [0.1, 0.15) is 29.9 Å². The van der Waals surface area contributed by atoms with E-state index in [2.05, 4.69) is 10.5 Å². The number of ether oxygens (including phenoxy) is 1. The summed E-state index contributed by atoms with van der Waals surface area (Å²) in [5, 5.41) is 16.6. The highest BCUT2D eigenvalue weighted by atomic mass is 35.5. The van der Waals surface area contributed by atoms with E-state index in [-0.39, 0.29) is 6.42 Å². The third kappa shape index (κ3) is 5.70. The van der Waals surface area contributed by atoms with Crippen molar-refractivity contribution in [3.8, 4) is 22.4 Å². The maximum atomic E-state index is 12.6. The van der Waals surface area contributed by atoms with Crippen LogP contribution in [0, 0.1) is 6.92 Å². The van der Waals surface area contributed by atoms with Crippen molar-refractivity contribution < 1.29 is 24.0 Å². The van der Waals surface area contributed by atoms with Gasteiger partial charge in [0.25, 0.3) is 0 Å². The lowest BCUT2D eigenvalue weighted by molar-refractivity contribution is -0.136. The van der Waals surface area contributed by atoms with Crippen molar-refractivity contribution in [3.05, 3.63) is 93.7 Å². The molecule has 0 radical (unpaired) electrons. The molecule has 0 aliphatic rings. The highest BCUT2D eigenvalue weighted by molar-refractivity contribution is 6.33. The van der Waals surface area contributed by atoms with Crippen LogP contribution in [0.5, 0.6) is 0 Å². The molecule has 3 aromatic carbocycles. The Balaban J connectivity index is 1.53. The van der Waals surface area contributed by atoms with Crippen LogP contribution >= 0.6 is 23.2 Å². The van der Waals surface area contributed by atoms with Crippen molar-refractivity contribution in [2.45, 2.75) is 26.4 Å². The minimum absolute atomic E-state index is 0.0408. The first-order valence-corrected chi connectivity index (χ1v) is 11.8. The normalized spacial score (nSPS) is 11.7. The number of aromatic nitrogens is 1. The second-order valence-electron chi connectivity index (χ2n) is 8.12. The van der Waals surface area contributed by atoms with Gasteiger partial charge in [0.05, 0.1) is 11.4 Å². The molecule has 4 aromatic rings. The van der Waals surface area contributed by atoms with Gasteiger partial charge >= 0.3 is 12.1 Å². The van der Waals surface area contributed by atoms with E-state index in [1.807, 2.05) is 24.3 Å². The molecule has 7 nitrogen and oxygen atoms in total. The lowest BCUT2D eigenvalue weighted by Gasteiger charge is -2.15. The molecular formula is C27H22Cl2N2O5. The molecule has 0 bridgehead atoms. The number of anilines is 1. The van der Waals surface area contributed by atoms with Crippen molar-refractivity contribution in [2.24, 2.45) is 0 Å². The fourth-order valence-corrected chi connectivity index (χ4v) is 4.30. The van der Waals surface area contributed by atoms with Crippen LogP contribution in [0.3, 0.4) is 0 Å². The Morgan fingerprint density at radius 2 is 1.72 bits per heavy atom. The van der Waals surface area contributed by atoms with Gasteiger partial charge in [-0.2, -0.15) is 0 Å². The Morgan fingerprint density at radius 3 is 2.39 bits per heavy atom. The Morgan fingerprint density at radius 1 is 1.03 bits per heavy atom. The summed E-state index contributed by atoms with van der Waals surface area (Å²) < 4.78 is 10.8. The van der Waals surface area contributed by atoms with Crippen LogP contribution in [-0.4, -0.2) is 22.3 Å². The minimum atomic E-state index is -0.885. The number of aliphatic carboxylic acids is 1. The van der Waals surface area contributed by atoms with Gasteiger partial charge in [-0.1, -0.05) is 83.0 Å². The number of carbonyl (C=O) groups excluding carboxylic acids is 1. The van der Waals surface area contributed by atoms with Gasteiger partial charge in [-0.3, -0.25) is 10.1 Å². The number of nitrogens with one attached hydrogen (secondary N) is 1. The summed E-state index contributed by atoms with van der Waals surface area (Å²) in [7, 11) is 0. The van der Waals surface area contributed by atoms with Gasteiger partial charge in [0.15, 0.2) is 5.76 Å². The molecule has 0 saturated carbocycles. The monoisotopic (exact) mass is 524 g/mol. The molecule has 1 heterocycles. The number of hydrogen-bond acceptors (Lipinski definition) is 5. The molecule has 184 valence electrons. The second-order valence-corrected chi connectivity index (χ2v) is 8.93. The molecule has 1 aromatic heterocycles. The highest BCUT2D eigenvalue weighted by Gasteiger charge is 2.22. The Bertz CT molecular complexity index is 1420. The number of hydrogen-bond donors (Lipinski definition) is 2. The first-order chi connectivity index (χ1) is 17.2. The molecule has 1 unspecified atom stereocenters. The summed E-state index contributed by atoms with van der Waals surface area (Å²) in [5.41, 5.74) is 4.39. The van der Waals surface area contributed by atoms with Gasteiger partial charge in [-0.15, -0.1) is 0 Å². The third-order valence-corrected chi connectivity index (χ3v) is 6.24. The van der Waals surface area contributed by atoms with Gasteiger partial charge in [-0.25, -0.2) is 4.79 Å². The van der Waals surface area contributed by atoms with E-state index in [1.165, 1.54) is 0 Å². The smallest absolute Gasteiger partial charge is 0.412 e. The van der Waals surface area contributed by atoms with E-state index in [9.17, 15) is 9.59 Å². The van der Waals surface area contributed by atoms with Crippen molar-refractivity contribution in [1.82, 2.24) is 5.16 Å². The van der Waals surface area contributed by atoms with Crippen LogP contribution in [0.2, 0.25) is 10.0 Å². The van der Waals surface area contributed by atoms with E-state index in [0.717, 1.165) is 11.1 Å². The second kappa shape index (κ2) is 10.8. The maximum absolute atomic E-state index is 12.6. The van der Waals surface area contributed by atoms with Crippen LogP contribution in [-0.2, 0) is 16.0 Å². The highest BCUT2D eigenvalue weighted by Crippen LogP contribution is 2.37. The first-order valence-electron chi connectivity index (χ1n) is 11.0. The maximum Gasteiger partial charge on any atom is 0.412 e. The number of rotatable bonds is 7. The molecule has 0 aliphatic heterocycles. The fraction of sp³-hybridized carbons (Fsp3) is 0.148. The van der Waals surface area contributed by atoms with Crippen LogP contribution in [0.25, 0.3) is 22.4 Å². The molecule has 1 atom stereocenters. The fourth-order valence-electron chi connectivity index (χ4n) is 3.74. The molecule has 2 N–H and O–H groups in total. The van der Waals surface area contributed by atoms with Crippen LogP contribution in [0.4, 0.5) is 10.5 Å². The van der Waals surface area contributed by atoms with E-state index in [4.69, 9.17) is 37.6 Å².